The lowest BCUT2D eigenvalue weighted by molar-refractivity contribution is 0.296. The minimum absolute atomic E-state index is 0.261. The molecule has 1 N–H and O–H groups in total. The van der Waals surface area contributed by atoms with E-state index in [4.69, 9.17) is 5.11 Å². The summed E-state index contributed by atoms with van der Waals surface area (Å²) in [7, 11) is 1.97. The predicted octanol–water partition coefficient (Wildman–Crippen LogP) is 0.895. The van der Waals surface area contributed by atoms with Crippen molar-refractivity contribution < 1.29 is 5.11 Å². The summed E-state index contributed by atoms with van der Waals surface area (Å²) < 4.78 is 1.97. The van der Waals surface area contributed by atoms with Gasteiger partial charge in [-0.2, -0.15) is 0 Å². The Morgan fingerprint density at radius 3 is 3.09 bits per heavy atom. The number of thioether (sulfide) groups is 1. The van der Waals surface area contributed by atoms with E-state index in [-0.39, 0.29) is 6.61 Å². The van der Waals surface area contributed by atoms with E-state index in [0.29, 0.717) is 0 Å². The van der Waals surface area contributed by atoms with E-state index in [9.17, 15) is 0 Å². The van der Waals surface area contributed by atoms with Gasteiger partial charge in [-0.1, -0.05) is 11.8 Å². The second kappa shape index (κ2) is 4.41. The third-order valence-electron chi connectivity index (χ3n) is 1.31. The summed E-state index contributed by atoms with van der Waals surface area (Å²) in [5.74, 6) is 0.932. The van der Waals surface area contributed by atoms with Gasteiger partial charge in [0.05, 0.1) is 0 Å². The molecule has 1 aromatic heterocycles. The number of nitrogens with zero attached hydrogens (tertiary/aromatic N) is 2. The Balaban J connectivity index is 2.32. The first-order valence-electron chi connectivity index (χ1n) is 3.55. The lowest BCUT2D eigenvalue weighted by Crippen LogP contribution is -1.91. The van der Waals surface area contributed by atoms with Gasteiger partial charge in [-0.15, -0.1) is 0 Å². The van der Waals surface area contributed by atoms with Crippen LogP contribution in [0, 0.1) is 0 Å². The van der Waals surface area contributed by atoms with Crippen molar-refractivity contribution in [3.63, 3.8) is 0 Å². The van der Waals surface area contributed by atoms with E-state index in [1.165, 1.54) is 0 Å². The largest absolute Gasteiger partial charge is 0.396 e. The third-order valence-corrected chi connectivity index (χ3v) is 2.45. The maximum absolute atomic E-state index is 8.52. The minimum Gasteiger partial charge on any atom is -0.396 e. The molecule has 0 bridgehead atoms. The first-order valence-corrected chi connectivity index (χ1v) is 4.54. The van der Waals surface area contributed by atoms with E-state index < -0.39 is 0 Å². The molecule has 4 heteroatoms. The molecule has 0 aromatic carbocycles. The normalized spacial score (nSPS) is 10.4. The van der Waals surface area contributed by atoms with E-state index in [1.54, 1.807) is 18.0 Å². The van der Waals surface area contributed by atoms with Crippen molar-refractivity contribution in [1.29, 1.82) is 0 Å². The molecule has 0 fully saturated rings. The molecule has 0 aliphatic rings. The van der Waals surface area contributed by atoms with Crippen LogP contribution in [0.2, 0.25) is 0 Å². The molecule has 0 aliphatic carbocycles. The van der Waals surface area contributed by atoms with Crippen LogP contribution in [0.25, 0.3) is 0 Å². The number of aliphatic hydroxyl groups excluding tert-OH is 1. The average molecular weight is 172 g/mol. The average Bonchev–Trinajstić information content (AvgIpc) is 2.37. The Kier molecular flexibility index (Phi) is 3.45. The number of aryl methyl sites for hydroxylation is 1. The fourth-order valence-electron chi connectivity index (χ4n) is 0.719. The number of imidazole rings is 1. The Morgan fingerprint density at radius 1 is 1.73 bits per heavy atom. The zero-order valence-corrected chi connectivity index (χ0v) is 7.34. The smallest absolute Gasteiger partial charge is 0.167 e. The fourth-order valence-corrected chi connectivity index (χ4v) is 1.57. The Labute approximate surface area is 70.4 Å². The third kappa shape index (κ3) is 2.55. The molecule has 3 nitrogen and oxygen atoms in total. The van der Waals surface area contributed by atoms with Crippen molar-refractivity contribution in [1.82, 2.24) is 9.55 Å². The van der Waals surface area contributed by atoms with E-state index in [2.05, 4.69) is 4.98 Å². The molecule has 1 rings (SSSR count). The lowest BCUT2D eigenvalue weighted by Gasteiger charge is -1.98. The van der Waals surface area contributed by atoms with Gasteiger partial charge in [0.15, 0.2) is 5.16 Å². The molecule has 0 saturated carbocycles. The second-order valence-electron chi connectivity index (χ2n) is 2.25. The van der Waals surface area contributed by atoms with Crippen LogP contribution < -0.4 is 0 Å². The molecule has 0 aliphatic heterocycles. The summed E-state index contributed by atoms with van der Waals surface area (Å²) in [4.78, 5) is 4.13. The standard InChI is InChI=1S/C7H12N2OS/c1-9-4-3-8-7(9)11-6-2-5-10/h3-4,10H,2,5-6H2,1H3. The van der Waals surface area contributed by atoms with Crippen LogP contribution in [-0.2, 0) is 7.05 Å². The first kappa shape index (κ1) is 8.62. The highest BCUT2D eigenvalue weighted by Gasteiger charge is 1.97. The predicted molar refractivity (Wildman–Crippen MR) is 45.6 cm³/mol. The van der Waals surface area contributed by atoms with Crippen LogP contribution in [0.3, 0.4) is 0 Å². The van der Waals surface area contributed by atoms with E-state index in [1.807, 2.05) is 17.8 Å². The highest BCUT2D eigenvalue weighted by Crippen LogP contribution is 2.14. The quantitative estimate of drug-likeness (QED) is 0.541. The molecule has 0 atom stereocenters. The number of hydrogen-bond acceptors (Lipinski definition) is 3. The van der Waals surface area contributed by atoms with Crippen LogP contribution in [0.15, 0.2) is 17.6 Å². The molecule has 62 valence electrons. The molecule has 11 heavy (non-hydrogen) atoms. The summed E-state index contributed by atoms with van der Waals surface area (Å²) >= 11 is 1.67. The van der Waals surface area contributed by atoms with E-state index >= 15 is 0 Å². The summed E-state index contributed by atoms with van der Waals surface area (Å²) in [6.07, 6.45) is 4.53. The molecule has 1 heterocycles. The van der Waals surface area contributed by atoms with Crippen molar-refractivity contribution in [2.75, 3.05) is 12.4 Å². The highest BCUT2D eigenvalue weighted by molar-refractivity contribution is 7.99. The van der Waals surface area contributed by atoms with Crippen LogP contribution in [0.1, 0.15) is 6.42 Å². The van der Waals surface area contributed by atoms with Crippen LogP contribution in [-0.4, -0.2) is 27.0 Å². The topological polar surface area (TPSA) is 38.0 Å². The van der Waals surface area contributed by atoms with Gasteiger partial charge in [0.1, 0.15) is 0 Å². The van der Waals surface area contributed by atoms with Gasteiger partial charge in [0.25, 0.3) is 0 Å². The Hall–Kier alpha value is -0.480. The van der Waals surface area contributed by atoms with Gasteiger partial charge in [-0.25, -0.2) is 4.98 Å². The van der Waals surface area contributed by atoms with Gasteiger partial charge >= 0.3 is 0 Å². The van der Waals surface area contributed by atoms with Crippen molar-refractivity contribution in [2.24, 2.45) is 7.05 Å². The van der Waals surface area contributed by atoms with Crippen LogP contribution in [0.5, 0.6) is 0 Å². The van der Waals surface area contributed by atoms with Gasteiger partial charge in [0.2, 0.25) is 0 Å². The molecule has 0 radical (unpaired) electrons. The van der Waals surface area contributed by atoms with Crippen molar-refractivity contribution >= 4 is 11.8 Å². The molecule has 0 saturated heterocycles. The lowest BCUT2D eigenvalue weighted by atomic mass is 10.5. The Morgan fingerprint density at radius 2 is 2.55 bits per heavy atom. The summed E-state index contributed by atoms with van der Waals surface area (Å²) in [5, 5.41) is 9.54. The van der Waals surface area contributed by atoms with E-state index in [0.717, 1.165) is 17.3 Å². The van der Waals surface area contributed by atoms with Gasteiger partial charge < -0.3 is 9.67 Å². The first-order chi connectivity index (χ1) is 5.34. The Bertz CT molecular complexity index is 212. The monoisotopic (exact) mass is 172 g/mol. The summed E-state index contributed by atoms with van der Waals surface area (Å²) in [6, 6.07) is 0. The molecular formula is C7H12N2OS. The second-order valence-corrected chi connectivity index (χ2v) is 3.31. The minimum atomic E-state index is 0.261. The van der Waals surface area contributed by atoms with Crippen LogP contribution in [0.4, 0.5) is 0 Å². The summed E-state index contributed by atoms with van der Waals surface area (Å²) in [6.45, 7) is 0.261. The highest BCUT2D eigenvalue weighted by atomic mass is 32.2. The number of hydrogen-bond donors (Lipinski definition) is 1. The molecule has 1 aromatic rings. The zero-order valence-electron chi connectivity index (χ0n) is 6.53. The zero-order chi connectivity index (χ0) is 8.10. The van der Waals surface area contributed by atoms with Gasteiger partial charge in [0, 0.05) is 31.8 Å². The number of aliphatic hydroxyl groups is 1. The molecular weight excluding hydrogens is 160 g/mol. The van der Waals surface area contributed by atoms with Gasteiger partial charge in [-0.3, -0.25) is 0 Å². The maximum Gasteiger partial charge on any atom is 0.167 e. The SMILES string of the molecule is Cn1ccnc1SCCCO. The maximum atomic E-state index is 8.52. The summed E-state index contributed by atoms with van der Waals surface area (Å²) in [5.41, 5.74) is 0. The molecule has 0 unspecified atom stereocenters. The van der Waals surface area contributed by atoms with Crippen molar-refractivity contribution in [3.8, 4) is 0 Å². The van der Waals surface area contributed by atoms with Crippen molar-refractivity contribution in [3.05, 3.63) is 12.4 Å². The number of aromatic nitrogens is 2. The van der Waals surface area contributed by atoms with Crippen molar-refractivity contribution in [2.45, 2.75) is 11.6 Å². The molecule has 0 amide bonds. The van der Waals surface area contributed by atoms with Gasteiger partial charge in [-0.05, 0) is 6.42 Å². The van der Waals surface area contributed by atoms with Crippen LogP contribution >= 0.6 is 11.8 Å². The molecule has 0 spiro atoms. The fraction of sp³-hybridized carbons (Fsp3) is 0.571. The number of rotatable bonds is 4.